The van der Waals surface area contributed by atoms with Crippen molar-refractivity contribution in [3.8, 4) is 6.07 Å². The molecule has 0 aliphatic carbocycles. The summed E-state index contributed by atoms with van der Waals surface area (Å²) in [7, 11) is 0. The first-order valence-electron chi connectivity index (χ1n) is 6.40. The number of carboxylic acid groups (broad SMARTS) is 1. The highest BCUT2D eigenvalue weighted by molar-refractivity contribution is 7.98. The third kappa shape index (κ3) is 5.24. The van der Waals surface area contributed by atoms with Gasteiger partial charge in [0, 0.05) is 12.1 Å². The molecule has 1 aromatic rings. The van der Waals surface area contributed by atoms with E-state index < -0.39 is 18.0 Å². The Labute approximate surface area is 137 Å². The average molecular weight is 347 g/mol. The van der Waals surface area contributed by atoms with Gasteiger partial charge in [0.1, 0.15) is 11.2 Å². The average Bonchev–Trinajstić information content (AvgIpc) is 2.45. The van der Waals surface area contributed by atoms with Crippen LogP contribution in [0.5, 0.6) is 0 Å². The van der Waals surface area contributed by atoms with Gasteiger partial charge in [0.2, 0.25) is 0 Å². The van der Waals surface area contributed by atoms with Crippen molar-refractivity contribution in [3.63, 3.8) is 0 Å². The number of thioether (sulfide) groups is 1. The summed E-state index contributed by atoms with van der Waals surface area (Å²) in [5, 5.41) is 22.7. The van der Waals surface area contributed by atoms with Crippen molar-refractivity contribution in [3.05, 3.63) is 22.6 Å². The fourth-order valence-corrected chi connectivity index (χ4v) is 2.48. The Morgan fingerprint density at radius 2 is 2.36 bits per heavy atom. The van der Waals surface area contributed by atoms with Crippen LogP contribution in [0.15, 0.2) is 6.07 Å². The smallest absolute Gasteiger partial charge is 0.404 e. The van der Waals surface area contributed by atoms with Crippen LogP contribution in [0.3, 0.4) is 0 Å². The van der Waals surface area contributed by atoms with Crippen molar-refractivity contribution in [1.29, 1.82) is 5.26 Å². The number of halogens is 2. The normalized spacial score (nSPS) is 13.0. The Bertz CT molecular complexity index is 582. The highest BCUT2D eigenvalue weighted by Gasteiger charge is 2.21. The number of nitriles is 1. The lowest BCUT2D eigenvalue weighted by Gasteiger charge is -2.25. The van der Waals surface area contributed by atoms with Crippen molar-refractivity contribution in [2.45, 2.75) is 25.4 Å². The van der Waals surface area contributed by atoms with Gasteiger partial charge in [-0.15, -0.1) is 0 Å². The van der Waals surface area contributed by atoms with Gasteiger partial charge in [0.15, 0.2) is 11.6 Å². The first-order valence-corrected chi connectivity index (χ1v) is 8.17. The number of hydrogen-bond acceptors (Lipinski definition) is 5. The maximum atomic E-state index is 13.9. The van der Waals surface area contributed by atoms with Crippen molar-refractivity contribution in [2.75, 3.05) is 17.3 Å². The van der Waals surface area contributed by atoms with Gasteiger partial charge in [0.25, 0.3) is 0 Å². The van der Waals surface area contributed by atoms with E-state index in [0.717, 1.165) is 11.8 Å². The van der Waals surface area contributed by atoms with Gasteiger partial charge in [-0.05, 0) is 31.4 Å². The summed E-state index contributed by atoms with van der Waals surface area (Å²) in [5.74, 6) is -0.0543. The van der Waals surface area contributed by atoms with E-state index >= 15 is 0 Å². The molecule has 1 rings (SSSR count). The van der Waals surface area contributed by atoms with Crippen LogP contribution >= 0.6 is 23.4 Å². The molecule has 22 heavy (non-hydrogen) atoms. The van der Waals surface area contributed by atoms with E-state index in [-0.39, 0.29) is 22.6 Å². The first kappa shape index (κ1) is 18.3. The summed E-state index contributed by atoms with van der Waals surface area (Å²) in [6.07, 6.45) is 1.36. The lowest BCUT2D eigenvalue weighted by atomic mass is 10.1. The lowest BCUT2D eigenvalue weighted by molar-refractivity contribution is 0.189. The molecular formula is C13H16ClFN4O2S. The fraction of sp³-hybridized carbons (Fsp3) is 0.462. The number of pyridine rings is 1. The largest absolute Gasteiger partial charge is 0.465 e. The molecule has 0 saturated heterocycles. The van der Waals surface area contributed by atoms with Crippen LogP contribution in [-0.4, -0.2) is 40.3 Å². The summed E-state index contributed by atoms with van der Waals surface area (Å²) < 4.78 is 13.9. The second kappa shape index (κ2) is 8.66. The molecule has 0 saturated carbocycles. The minimum absolute atomic E-state index is 0.0536. The quantitative estimate of drug-likeness (QED) is 0.657. The Balaban J connectivity index is 2.96. The zero-order valence-corrected chi connectivity index (χ0v) is 13.6. The molecule has 0 bridgehead atoms. The van der Waals surface area contributed by atoms with Gasteiger partial charge in [-0.1, -0.05) is 11.6 Å². The van der Waals surface area contributed by atoms with E-state index in [2.05, 4.69) is 15.6 Å². The molecule has 1 heterocycles. The second-order valence-electron chi connectivity index (χ2n) is 4.54. The maximum absolute atomic E-state index is 13.9. The summed E-state index contributed by atoms with van der Waals surface area (Å²) >= 11 is 7.39. The predicted octanol–water partition coefficient (Wildman–Crippen LogP) is 2.94. The van der Waals surface area contributed by atoms with E-state index in [0.29, 0.717) is 6.42 Å². The van der Waals surface area contributed by atoms with Gasteiger partial charge < -0.3 is 15.7 Å². The molecule has 0 fully saturated rings. The Morgan fingerprint density at radius 3 is 2.91 bits per heavy atom. The maximum Gasteiger partial charge on any atom is 0.404 e. The standard InChI is InChI=1S/C13H16ClFN4O2S/c1-7(17-13(20)21)10(3-4-22-2)18-12-9(15)5-8(6-16)11(14)19-12/h5,7,10,17H,3-4H2,1-2H3,(H,18,19)(H,20,21)/t7-,10-/m0/s1. The van der Waals surface area contributed by atoms with Crippen LogP contribution in [0.1, 0.15) is 18.9 Å². The molecule has 0 aliphatic heterocycles. The van der Waals surface area contributed by atoms with E-state index in [4.69, 9.17) is 22.0 Å². The highest BCUT2D eigenvalue weighted by Crippen LogP contribution is 2.21. The highest BCUT2D eigenvalue weighted by atomic mass is 35.5. The third-order valence-corrected chi connectivity index (χ3v) is 3.89. The summed E-state index contributed by atoms with van der Waals surface area (Å²) in [6.45, 7) is 1.68. The lowest BCUT2D eigenvalue weighted by Crippen LogP contribution is -2.45. The zero-order chi connectivity index (χ0) is 16.7. The molecule has 9 heteroatoms. The van der Waals surface area contributed by atoms with Gasteiger partial charge in [-0.2, -0.15) is 17.0 Å². The number of rotatable bonds is 7. The van der Waals surface area contributed by atoms with Gasteiger partial charge in [-0.3, -0.25) is 0 Å². The Kier molecular flexibility index (Phi) is 7.21. The molecule has 0 unspecified atom stereocenters. The molecule has 2 atom stereocenters. The van der Waals surface area contributed by atoms with E-state index in [9.17, 15) is 9.18 Å². The summed E-state index contributed by atoms with van der Waals surface area (Å²) in [6, 6.07) is 1.92. The van der Waals surface area contributed by atoms with E-state index in [1.807, 2.05) is 6.26 Å². The number of amides is 1. The molecule has 120 valence electrons. The van der Waals surface area contributed by atoms with Crippen molar-refractivity contribution in [1.82, 2.24) is 10.3 Å². The third-order valence-electron chi connectivity index (χ3n) is 2.96. The van der Waals surface area contributed by atoms with Crippen molar-refractivity contribution < 1.29 is 14.3 Å². The van der Waals surface area contributed by atoms with Crippen molar-refractivity contribution in [2.24, 2.45) is 0 Å². The molecule has 3 N–H and O–H groups in total. The molecular weight excluding hydrogens is 331 g/mol. The van der Waals surface area contributed by atoms with Crippen LogP contribution in [0.4, 0.5) is 15.0 Å². The minimum Gasteiger partial charge on any atom is -0.465 e. The second-order valence-corrected chi connectivity index (χ2v) is 5.88. The molecule has 1 amide bonds. The van der Waals surface area contributed by atoms with Gasteiger partial charge >= 0.3 is 6.09 Å². The van der Waals surface area contributed by atoms with Crippen LogP contribution in [0, 0.1) is 17.1 Å². The molecule has 0 aromatic carbocycles. The van der Waals surface area contributed by atoms with Crippen LogP contribution in [0.25, 0.3) is 0 Å². The summed E-state index contributed by atoms with van der Waals surface area (Å²) in [5.41, 5.74) is -0.0536. The number of anilines is 1. The summed E-state index contributed by atoms with van der Waals surface area (Å²) in [4.78, 5) is 14.6. The molecule has 0 radical (unpaired) electrons. The number of aromatic nitrogens is 1. The van der Waals surface area contributed by atoms with Gasteiger partial charge in [-0.25, -0.2) is 14.2 Å². The van der Waals surface area contributed by atoms with Crippen molar-refractivity contribution >= 4 is 35.3 Å². The van der Waals surface area contributed by atoms with Crippen LogP contribution < -0.4 is 10.6 Å². The van der Waals surface area contributed by atoms with E-state index in [1.54, 1.807) is 24.8 Å². The Morgan fingerprint density at radius 1 is 1.68 bits per heavy atom. The number of nitrogens with zero attached hydrogens (tertiary/aromatic N) is 2. The minimum atomic E-state index is -1.16. The van der Waals surface area contributed by atoms with E-state index in [1.165, 1.54) is 0 Å². The van der Waals surface area contributed by atoms with Gasteiger partial charge in [0.05, 0.1) is 5.56 Å². The molecule has 1 aromatic heterocycles. The fourth-order valence-electron chi connectivity index (χ4n) is 1.81. The monoisotopic (exact) mass is 346 g/mol. The Hall–Kier alpha value is -1.72. The molecule has 0 spiro atoms. The number of nitrogens with one attached hydrogen (secondary N) is 2. The number of carbonyl (C=O) groups is 1. The zero-order valence-electron chi connectivity index (χ0n) is 12.1. The SMILES string of the molecule is CSCC[C@H](Nc1nc(Cl)c(C#N)cc1F)[C@H](C)NC(=O)O. The van der Waals surface area contributed by atoms with Crippen LogP contribution in [0.2, 0.25) is 5.15 Å². The van der Waals surface area contributed by atoms with Crippen LogP contribution in [-0.2, 0) is 0 Å². The first-order chi connectivity index (χ1) is 10.4. The number of hydrogen-bond donors (Lipinski definition) is 3. The molecule has 6 nitrogen and oxygen atoms in total. The topological polar surface area (TPSA) is 98.0 Å². The molecule has 0 aliphatic rings. The predicted molar refractivity (Wildman–Crippen MR) is 85.0 cm³/mol.